The van der Waals surface area contributed by atoms with Gasteiger partial charge in [-0.1, -0.05) is 0 Å². The second kappa shape index (κ2) is 9.07. The topological polar surface area (TPSA) is 100 Å². The molecule has 1 aliphatic heterocycles. The second-order valence-corrected chi connectivity index (χ2v) is 7.28. The average Bonchev–Trinajstić information content (AvgIpc) is 2.58. The average molecular weight is 368 g/mol. The van der Waals surface area contributed by atoms with E-state index in [1.54, 1.807) is 32.9 Å². The molecule has 1 aromatic rings. The van der Waals surface area contributed by atoms with Gasteiger partial charge in [0.15, 0.2) is 6.61 Å². The number of benzene rings is 1. The van der Waals surface area contributed by atoms with Gasteiger partial charge in [-0.15, -0.1) is 5.23 Å². The minimum Gasteiger partial charge on any atom is -0.482 e. The smallest absolute Gasteiger partial charge is 0.344 e. The standard InChI is InChI=1S/C18H28N2O6/c1-18(2,3)26-17(21)12-25-14-4-5-15(16(10-14)20(22)23)19-11-13-6-8-24-9-7-13/h4-5,10,13,19,22-23H,6-9,11-12H2,1-3H3. The van der Waals surface area contributed by atoms with Gasteiger partial charge in [0.2, 0.25) is 0 Å². The van der Waals surface area contributed by atoms with Crippen LogP contribution in [0.3, 0.4) is 0 Å². The van der Waals surface area contributed by atoms with Gasteiger partial charge in [-0.2, -0.15) is 0 Å². The fourth-order valence-electron chi connectivity index (χ4n) is 2.63. The zero-order valence-corrected chi connectivity index (χ0v) is 15.5. The molecular formula is C18H28N2O6. The molecule has 0 atom stereocenters. The van der Waals surface area contributed by atoms with Crippen LogP contribution < -0.4 is 15.3 Å². The summed E-state index contributed by atoms with van der Waals surface area (Å²) in [7, 11) is 0. The van der Waals surface area contributed by atoms with Gasteiger partial charge in [0.1, 0.15) is 17.0 Å². The van der Waals surface area contributed by atoms with Crippen LogP contribution in [0.4, 0.5) is 11.4 Å². The van der Waals surface area contributed by atoms with Crippen molar-refractivity contribution in [3.8, 4) is 5.75 Å². The van der Waals surface area contributed by atoms with E-state index in [9.17, 15) is 15.2 Å². The molecule has 0 spiro atoms. The normalized spacial score (nSPS) is 15.4. The zero-order chi connectivity index (χ0) is 19.2. The lowest BCUT2D eigenvalue weighted by molar-refractivity contribution is -0.157. The van der Waals surface area contributed by atoms with E-state index in [0.717, 1.165) is 26.1 Å². The highest BCUT2D eigenvalue weighted by molar-refractivity contribution is 5.72. The molecule has 0 bridgehead atoms. The fourth-order valence-corrected chi connectivity index (χ4v) is 2.63. The number of carbonyl (C=O) groups is 1. The molecule has 1 fully saturated rings. The quantitative estimate of drug-likeness (QED) is 0.499. The SMILES string of the molecule is CC(C)(C)OC(=O)COc1ccc(NCC2CCOCC2)c(N(O)O)c1. The summed E-state index contributed by atoms with van der Waals surface area (Å²) in [5.41, 5.74) is 0.112. The molecule has 2 rings (SSSR count). The summed E-state index contributed by atoms with van der Waals surface area (Å²) < 4.78 is 15.9. The number of nitrogens with one attached hydrogen (secondary N) is 1. The molecule has 0 saturated carbocycles. The summed E-state index contributed by atoms with van der Waals surface area (Å²) in [4.78, 5) is 11.7. The predicted molar refractivity (Wildman–Crippen MR) is 95.9 cm³/mol. The van der Waals surface area contributed by atoms with E-state index in [1.165, 1.54) is 6.07 Å². The third-order valence-electron chi connectivity index (χ3n) is 3.88. The number of hydrogen-bond donors (Lipinski definition) is 3. The highest BCUT2D eigenvalue weighted by Gasteiger charge is 2.18. The lowest BCUT2D eigenvalue weighted by Crippen LogP contribution is -2.27. The highest BCUT2D eigenvalue weighted by Crippen LogP contribution is 2.30. The van der Waals surface area contributed by atoms with Crippen LogP contribution in [-0.2, 0) is 14.3 Å². The van der Waals surface area contributed by atoms with Crippen molar-refractivity contribution in [2.45, 2.75) is 39.2 Å². The first-order chi connectivity index (χ1) is 12.2. The maximum atomic E-state index is 11.7. The van der Waals surface area contributed by atoms with Crippen molar-refractivity contribution in [1.82, 2.24) is 0 Å². The minimum absolute atomic E-state index is 0.0344. The predicted octanol–water partition coefficient (Wildman–Crippen LogP) is 2.83. The van der Waals surface area contributed by atoms with Gasteiger partial charge < -0.3 is 19.5 Å². The van der Waals surface area contributed by atoms with Gasteiger partial charge in [-0.25, -0.2) is 4.79 Å². The third kappa shape index (κ3) is 6.70. The number of esters is 1. The molecule has 0 aliphatic carbocycles. The minimum atomic E-state index is -0.587. The Hall–Kier alpha value is -2.03. The molecule has 8 heteroatoms. The van der Waals surface area contributed by atoms with Crippen molar-refractivity contribution in [2.24, 2.45) is 5.92 Å². The van der Waals surface area contributed by atoms with E-state index < -0.39 is 11.6 Å². The van der Waals surface area contributed by atoms with E-state index in [-0.39, 0.29) is 17.5 Å². The number of anilines is 2. The Morgan fingerprint density at radius 3 is 2.62 bits per heavy atom. The Morgan fingerprint density at radius 2 is 2.00 bits per heavy atom. The van der Waals surface area contributed by atoms with Crippen LogP contribution in [0.5, 0.6) is 5.75 Å². The third-order valence-corrected chi connectivity index (χ3v) is 3.88. The number of ether oxygens (including phenoxy) is 3. The van der Waals surface area contributed by atoms with Gasteiger partial charge >= 0.3 is 5.97 Å². The van der Waals surface area contributed by atoms with Crippen molar-refractivity contribution in [2.75, 3.05) is 36.9 Å². The van der Waals surface area contributed by atoms with Crippen LogP contribution in [0.1, 0.15) is 33.6 Å². The van der Waals surface area contributed by atoms with Crippen molar-refractivity contribution >= 4 is 17.3 Å². The van der Waals surface area contributed by atoms with Crippen LogP contribution in [0, 0.1) is 5.92 Å². The largest absolute Gasteiger partial charge is 0.482 e. The molecule has 146 valence electrons. The molecule has 0 radical (unpaired) electrons. The second-order valence-electron chi connectivity index (χ2n) is 7.28. The van der Waals surface area contributed by atoms with Crippen LogP contribution in [0.15, 0.2) is 18.2 Å². The Bertz CT molecular complexity index is 594. The van der Waals surface area contributed by atoms with E-state index in [2.05, 4.69) is 5.32 Å². The van der Waals surface area contributed by atoms with E-state index >= 15 is 0 Å². The van der Waals surface area contributed by atoms with Crippen LogP contribution >= 0.6 is 0 Å². The van der Waals surface area contributed by atoms with E-state index in [1.807, 2.05) is 0 Å². The molecule has 1 heterocycles. The van der Waals surface area contributed by atoms with Crippen LogP contribution in [-0.4, -0.2) is 48.4 Å². The lowest BCUT2D eigenvalue weighted by atomic mass is 10.0. The Labute approximate surface area is 153 Å². The molecule has 3 N–H and O–H groups in total. The van der Waals surface area contributed by atoms with Gasteiger partial charge in [0, 0.05) is 25.8 Å². The number of rotatable bonds is 7. The summed E-state index contributed by atoms with van der Waals surface area (Å²) in [6.07, 6.45) is 1.95. The molecule has 1 saturated heterocycles. The Morgan fingerprint density at radius 1 is 1.31 bits per heavy atom. The molecule has 0 amide bonds. The van der Waals surface area contributed by atoms with E-state index in [0.29, 0.717) is 23.9 Å². The molecule has 0 unspecified atom stereocenters. The summed E-state index contributed by atoms with van der Waals surface area (Å²) in [5.74, 6) is 0.312. The Balaban J connectivity index is 1.95. The first kappa shape index (κ1) is 20.3. The number of hydrogen-bond acceptors (Lipinski definition) is 8. The molecule has 1 aromatic carbocycles. The first-order valence-electron chi connectivity index (χ1n) is 8.73. The lowest BCUT2D eigenvalue weighted by Gasteiger charge is -2.24. The molecule has 26 heavy (non-hydrogen) atoms. The Kier molecular flexibility index (Phi) is 7.07. The maximum absolute atomic E-state index is 11.7. The number of carbonyl (C=O) groups excluding carboxylic acids is 1. The van der Waals surface area contributed by atoms with Crippen molar-refractivity contribution in [3.05, 3.63) is 18.2 Å². The van der Waals surface area contributed by atoms with Gasteiger partial charge in [0.25, 0.3) is 0 Å². The molecule has 8 nitrogen and oxygen atoms in total. The van der Waals surface area contributed by atoms with Gasteiger partial charge in [-0.3, -0.25) is 10.4 Å². The van der Waals surface area contributed by atoms with Gasteiger partial charge in [0.05, 0.1) is 5.69 Å². The number of nitrogens with zero attached hydrogens (tertiary/aromatic N) is 1. The molecule has 0 aromatic heterocycles. The summed E-state index contributed by atoms with van der Waals surface area (Å²) in [6, 6.07) is 4.78. The summed E-state index contributed by atoms with van der Waals surface area (Å²) in [5, 5.41) is 22.2. The highest BCUT2D eigenvalue weighted by atomic mass is 16.8. The van der Waals surface area contributed by atoms with Crippen LogP contribution in [0.2, 0.25) is 0 Å². The van der Waals surface area contributed by atoms with Crippen molar-refractivity contribution in [1.29, 1.82) is 0 Å². The van der Waals surface area contributed by atoms with E-state index in [4.69, 9.17) is 14.2 Å². The van der Waals surface area contributed by atoms with Crippen molar-refractivity contribution in [3.63, 3.8) is 0 Å². The molecular weight excluding hydrogens is 340 g/mol. The summed E-state index contributed by atoms with van der Waals surface area (Å²) in [6.45, 7) is 7.28. The van der Waals surface area contributed by atoms with Gasteiger partial charge in [-0.05, 0) is 51.7 Å². The zero-order valence-electron chi connectivity index (χ0n) is 15.5. The fraction of sp³-hybridized carbons (Fsp3) is 0.611. The first-order valence-corrected chi connectivity index (χ1v) is 8.73. The van der Waals surface area contributed by atoms with Crippen molar-refractivity contribution < 1.29 is 29.4 Å². The monoisotopic (exact) mass is 368 g/mol. The summed E-state index contributed by atoms with van der Waals surface area (Å²) >= 11 is 0. The maximum Gasteiger partial charge on any atom is 0.344 e. The molecule has 1 aliphatic rings. The van der Waals surface area contributed by atoms with Crippen LogP contribution in [0.25, 0.3) is 0 Å².